The quantitative estimate of drug-likeness (QED) is 0.788. The van der Waals surface area contributed by atoms with Gasteiger partial charge in [-0.05, 0) is 18.9 Å². The third-order valence-corrected chi connectivity index (χ3v) is 2.49. The smallest absolute Gasteiger partial charge is 0.407 e. The summed E-state index contributed by atoms with van der Waals surface area (Å²) in [6.45, 7) is 5.09. The molecule has 4 heteroatoms. The molecule has 1 rings (SSSR count). The number of carbonyl (C=O) groups is 1. The molecule has 0 aliphatic rings. The largest absolute Gasteiger partial charge is 0.445 e. The monoisotopic (exact) mass is 251 g/mol. The molecule has 0 aromatic heterocycles. The average molecular weight is 251 g/mol. The van der Waals surface area contributed by atoms with Gasteiger partial charge in [-0.2, -0.15) is 0 Å². The zero-order valence-electron chi connectivity index (χ0n) is 10.4. The highest BCUT2D eigenvalue weighted by molar-refractivity contribution is 5.67. The molecule has 2 atom stereocenters. The summed E-state index contributed by atoms with van der Waals surface area (Å²) in [6.07, 6.45) is 0.179. The molecular formula is C14H18FNO2. The maximum Gasteiger partial charge on any atom is 0.407 e. The minimum atomic E-state index is -1.15. The van der Waals surface area contributed by atoms with Crippen LogP contribution >= 0.6 is 0 Å². The molecule has 1 aromatic rings. The molecule has 0 aliphatic heterocycles. The number of benzene rings is 1. The highest BCUT2D eigenvalue weighted by Crippen LogP contribution is 2.05. The number of hydrogen-bond donors (Lipinski definition) is 1. The van der Waals surface area contributed by atoms with E-state index in [1.165, 1.54) is 6.92 Å². The van der Waals surface area contributed by atoms with Crippen LogP contribution in [0, 0.1) is 0 Å². The maximum absolute atomic E-state index is 13.2. The fraction of sp³-hybridized carbons (Fsp3) is 0.357. The fourth-order valence-corrected chi connectivity index (χ4v) is 1.46. The predicted octanol–water partition coefficient (Wildman–Crippen LogP) is 3.22. The summed E-state index contributed by atoms with van der Waals surface area (Å²) in [5.41, 5.74) is 0.890. The number of hydrogen-bond acceptors (Lipinski definition) is 2. The van der Waals surface area contributed by atoms with Gasteiger partial charge >= 0.3 is 6.09 Å². The third kappa shape index (κ3) is 4.99. The summed E-state index contributed by atoms with van der Waals surface area (Å²) in [5, 5.41) is 2.48. The summed E-state index contributed by atoms with van der Waals surface area (Å²) < 4.78 is 18.2. The number of alkyl carbamates (subject to hydrolysis) is 1. The van der Waals surface area contributed by atoms with Crippen LogP contribution in [-0.2, 0) is 11.3 Å². The average Bonchev–Trinajstić information content (AvgIpc) is 2.37. The molecule has 1 aromatic carbocycles. The van der Waals surface area contributed by atoms with E-state index in [0.29, 0.717) is 6.42 Å². The molecule has 0 saturated carbocycles. The molecule has 1 unspecified atom stereocenters. The van der Waals surface area contributed by atoms with Gasteiger partial charge in [0.15, 0.2) is 0 Å². The Bertz CT molecular complexity index is 379. The van der Waals surface area contributed by atoms with Crippen LogP contribution in [0.15, 0.2) is 43.0 Å². The molecule has 98 valence electrons. The lowest BCUT2D eigenvalue weighted by Crippen LogP contribution is -2.40. The molecule has 0 spiro atoms. The number of nitrogens with one attached hydrogen (secondary N) is 1. The van der Waals surface area contributed by atoms with Crippen LogP contribution in [0.5, 0.6) is 0 Å². The number of rotatable bonds is 6. The normalized spacial score (nSPS) is 13.4. The highest BCUT2D eigenvalue weighted by Gasteiger charge is 2.18. The fourth-order valence-electron chi connectivity index (χ4n) is 1.46. The van der Waals surface area contributed by atoms with E-state index in [9.17, 15) is 9.18 Å². The first-order valence-electron chi connectivity index (χ1n) is 5.85. The first kappa shape index (κ1) is 14.2. The van der Waals surface area contributed by atoms with Crippen LogP contribution in [0.4, 0.5) is 9.18 Å². The lowest BCUT2D eigenvalue weighted by Gasteiger charge is -2.18. The van der Waals surface area contributed by atoms with Crippen molar-refractivity contribution in [3.8, 4) is 0 Å². The third-order valence-electron chi connectivity index (χ3n) is 2.49. The van der Waals surface area contributed by atoms with Gasteiger partial charge in [0.1, 0.15) is 12.8 Å². The molecule has 1 N–H and O–H groups in total. The second-order valence-electron chi connectivity index (χ2n) is 4.01. The molecule has 18 heavy (non-hydrogen) atoms. The minimum Gasteiger partial charge on any atom is -0.445 e. The topological polar surface area (TPSA) is 38.3 Å². The van der Waals surface area contributed by atoms with Gasteiger partial charge in [-0.25, -0.2) is 9.18 Å². The Morgan fingerprint density at radius 1 is 1.50 bits per heavy atom. The number of amides is 1. The number of halogens is 1. The van der Waals surface area contributed by atoms with E-state index < -0.39 is 18.3 Å². The predicted molar refractivity (Wildman–Crippen MR) is 68.9 cm³/mol. The van der Waals surface area contributed by atoms with E-state index in [1.54, 1.807) is 6.08 Å². The number of alkyl halides is 1. The molecule has 0 saturated heterocycles. The van der Waals surface area contributed by atoms with Crippen molar-refractivity contribution in [2.75, 3.05) is 0 Å². The summed E-state index contributed by atoms with van der Waals surface area (Å²) in [4.78, 5) is 11.5. The van der Waals surface area contributed by atoms with Gasteiger partial charge in [0.25, 0.3) is 0 Å². The molecule has 0 heterocycles. The van der Waals surface area contributed by atoms with Crippen molar-refractivity contribution in [1.29, 1.82) is 0 Å². The van der Waals surface area contributed by atoms with E-state index in [0.717, 1.165) is 5.56 Å². The van der Waals surface area contributed by atoms with Gasteiger partial charge in [-0.3, -0.25) is 0 Å². The van der Waals surface area contributed by atoms with Gasteiger partial charge < -0.3 is 10.1 Å². The van der Waals surface area contributed by atoms with Crippen LogP contribution < -0.4 is 5.32 Å². The Morgan fingerprint density at radius 3 is 2.72 bits per heavy atom. The Labute approximate surface area is 107 Å². The summed E-state index contributed by atoms with van der Waals surface area (Å²) >= 11 is 0. The maximum atomic E-state index is 13.2. The Kier molecular flexibility index (Phi) is 5.91. The molecule has 3 nitrogen and oxygen atoms in total. The van der Waals surface area contributed by atoms with E-state index in [4.69, 9.17) is 4.74 Å². The zero-order chi connectivity index (χ0) is 13.4. The SMILES string of the molecule is C=CCC(NC(=O)OCc1ccccc1)[C@@H](C)F. The molecule has 0 aliphatic carbocycles. The van der Waals surface area contributed by atoms with Crippen molar-refractivity contribution < 1.29 is 13.9 Å². The van der Waals surface area contributed by atoms with Crippen LogP contribution in [0.3, 0.4) is 0 Å². The Morgan fingerprint density at radius 2 is 2.17 bits per heavy atom. The minimum absolute atomic E-state index is 0.175. The second kappa shape index (κ2) is 7.48. The Hall–Kier alpha value is -1.84. The number of carbonyl (C=O) groups excluding carboxylic acids is 1. The summed E-state index contributed by atoms with van der Waals surface area (Å²) in [5.74, 6) is 0. The number of ether oxygens (including phenoxy) is 1. The van der Waals surface area contributed by atoms with Crippen molar-refractivity contribution >= 4 is 6.09 Å². The summed E-state index contributed by atoms with van der Waals surface area (Å²) in [6, 6.07) is 8.72. The molecule has 1 amide bonds. The standard InChI is InChI=1S/C14H18FNO2/c1-3-7-13(11(2)15)16-14(17)18-10-12-8-5-4-6-9-12/h3-6,8-9,11,13H,1,7,10H2,2H3,(H,16,17)/t11-,13?/m1/s1. The van der Waals surface area contributed by atoms with E-state index in [1.807, 2.05) is 30.3 Å². The van der Waals surface area contributed by atoms with E-state index in [-0.39, 0.29) is 6.61 Å². The van der Waals surface area contributed by atoms with Crippen molar-refractivity contribution in [3.63, 3.8) is 0 Å². The van der Waals surface area contributed by atoms with Crippen molar-refractivity contribution in [3.05, 3.63) is 48.6 Å². The van der Waals surface area contributed by atoms with Crippen molar-refractivity contribution in [2.24, 2.45) is 0 Å². The first-order valence-corrected chi connectivity index (χ1v) is 5.85. The molecule has 0 radical (unpaired) electrons. The van der Waals surface area contributed by atoms with Crippen molar-refractivity contribution in [1.82, 2.24) is 5.32 Å². The van der Waals surface area contributed by atoms with Crippen LogP contribution in [0.2, 0.25) is 0 Å². The molecular weight excluding hydrogens is 233 g/mol. The highest BCUT2D eigenvalue weighted by atomic mass is 19.1. The van der Waals surface area contributed by atoms with Gasteiger partial charge in [0.05, 0.1) is 6.04 Å². The van der Waals surface area contributed by atoms with E-state index in [2.05, 4.69) is 11.9 Å². The lowest BCUT2D eigenvalue weighted by molar-refractivity contribution is 0.129. The lowest BCUT2D eigenvalue weighted by atomic mass is 10.1. The van der Waals surface area contributed by atoms with Crippen molar-refractivity contribution in [2.45, 2.75) is 32.2 Å². The van der Waals surface area contributed by atoms with Crippen LogP contribution in [0.1, 0.15) is 18.9 Å². The van der Waals surface area contributed by atoms with Crippen LogP contribution in [-0.4, -0.2) is 18.3 Å². The van der Waals surface area contributed by atoms with E-state index >= 15 is 0 Å². The van der Waals surface area contributed by atoms with Gasteiger partial charge in [-0.1, -0.05) is 36.4 Å². The first-order chi connectivity index (χ1) is 8.63. The Balaban J connectivity index is 2.38. The van der Waals surface area contributed by atoms with Gasteiger partial charge in [-0.15, -0.1) is 6.58 Å². The summed E-state index contributed by atoms with van der Waals surface area (Å²) in [7, 11) is 0. The van der Waals surface area contributed by atoms with Gasteiger partial charge in [0, 0.05) is 0 Å². The van der Waals surface area contributed by atoms with Gasteiger partial charge in [0.2, 0.25) is 0 Å². The van der Waals surface area contributed by atoms with Crippen LogP contribution in [0.25, 0.3) is 0 Å². The molecule has 0 fully saturated rings. The zero-order valence-corrected chi connectivity index (χ0v) is 10.4. The molecule has 0 bridgehead atoms. The second-order valence-corrected chi connectivity index (χ2v) is 4.01.